The van der Waals surface area contributed by atoms with Crippen LogP contribution in [0.25, 0.3) is 0 Å². The largest absolute Gasteiger partial charge is 0.492 e. The van der Waals surface area contributed by atoms with Crippen LogP contribution >= 0.6 is 0 Å². The van der Waals surface area contributed by atoms with Crippen LogP contribution < -0.4 is 14.8 Å². The van der Waals surface area contributed by atoms with Gasteiger partial charge in [0.1, 0.15) is 18.2 Å². The van der Waals surface area contributed by atoms with Crippen LogP contribution in [0.2, 0.25) is 0 Å². The molecule has 0 bridgehead atoms. The number of rotatable bonds is 9. The molecule has 1 unspecified atom stereocenters. The van der Waals surface area contributed by atoms with Crippen molar-refractivity contribution in [2.24, 2.45) is 0 Å². The van der Waals surface area contributed by atoms with E-state index < -0.39 is 10.0 Å². The van der Waals surface area contributed by atoms with Crippen LogP contribution in [-0.4, -0.2) is 33.5 Å². The molecule has 0 aliphatic carbocycles. The highest BCUT2D eigenvalue weighted by molar-refractivity contribution is 7.89. The molecule has 0 heterocycles. The van der Waals surface area contributed by atoms with Crippen LogP contribution in [0.3, 0.4) is 0 Å². The molecule has 1 amide bonds. The molecule has 2 rings (SSSR count). The highest BCUT2D eigenvalue weighted by atomic mass is 32.2. The number of hydrogen-bond donors (Lipinski definition) is 2. The quantitative estimate of drug-likeness (QED) is 0.641. The van der Waals surface area contributed by atoms with Crippen molar-refractivity contribution in [3.63, 3.8) is 0 Å². The van der Waals surface area contributed by atoms with Crippen molar-refractivity contribution in [2.75, 3.05) is 13.2 Å². The average molecular weight is 394 g/mol. The molecule has 0 aliphatic rings. The summed E-state index contributed by atoms with van der Waals surface area (Å²) in [7, 11) is -3.60. The molecule has 0 radical (unpaired) electrons. The molecule has 2 aromatic rings. The molecule has 8 heteroatoms. The zero-order chi connectivity index (χ0) is 19.9. The van der Waals surface area contributed by atoms with Gasteiger partial charge in [-0.1, -0.05) is 6.92 Å². The summed E-state index contributed by atoms with van der Waals surface area (Å²) in [5.41, 5.74) is 0.347. The third kappa shape index (κ3) is 6.33. The zero-order valence-corrected chi connectivity index (χ0v) is 16.1. The first kappa shape index (κ1) is 20.9. The summed E-state index contributed by atoms with van der Waals surface area (Å²) in [6.07, 6.45) is 0.680. The van der Waals surface area contributed by atoms with Crippen molar-refractivity contribution in [2.45, 2.75) is 31.2 Å². The molecule has 2 N–H and O–H groups in total. The summed E-state index contributed by atoms with van der Waals surface area (Å²) < 4.78 is 45.1. The molecular formula is C19H23FN2O4S. The lowest BCUT2D eigenvalue weighted by Crippen LogP contribution is -2.32. The van der Waals surface area contributed by atoms with Crippen LogP contribution in [0, 0.1) is 5.82 Å². The lowest BCUT2D eigenvalue weighted by Gasteiger charge is -2.12. The third-order valence-corrected chi connectivity index (χ3v) is 5.47. The van der Waals surface area contributed by atoms with Gasteiger partial charge in [0.15, 0.2) is 0 Å². The second kappa shape index (κ2) is 9.48. The van der Waals surface area contributed by atoms with Crippen molar-refractivity contribution in [1.82, 2.24) is 10.0 Å². The summed E-state index contributed by atoms with van der Waals surface area (Å²) in [6.45, 7) is 4.16. The van der Waals surface area contributed by atoms with E-state index in [0.717, 1.165) is 0 Å². The summed E-state index contributed by atoms with van der Waals surface area (Å²) in [5, 5.41) is 2.68. The lowest BCUT2D eigenvalue weighted by molar-refractivity contribution is 0.0947. The first-order chi connectivity index (χ1) is 12.8. The van der Waals surface area contributed by atoms with Gasteiger partial charge in [-0.2, -0.15) is 0 Å². The van der Waals surface area contributed by atoms with E-state index >= 15 is 0 Å². The molecule has 0 fully saturated rings. The Kier molecular flexibility index (Phi) is 7.32. The van der Waals surface area contributed by atoms with Gasteiger partial charge in [0.05, 0.1) is 11.4 Å². The smallest absolute Gasteiger partial charge is 0.251 e. The molecule has 146 valence electrons. The minimum atomic E-state index is -3.60. The number of ether oxygens (including phenoxy) is 1. The number of benzene rings is 2. The molecule has 0 saturated heterocycles. The fourth-order valence-electron chi connectivity index (χ4n) is 2.17. The second-order valence-corrected chi connectivity index (χ2v) is 7.73. The Labute approximate surface area is 158 Å². The standard InChI is InChI=1S/C19H23FN2O4S/c1-3-14(2)22-27(24,25)18-10-4-15(5-11-18)19(23)21-12-13-26-17-8-6-16(20)7-9-17/h4-11,14,22H,3,12-13H2,1-2H3,(H,21,23). The van der Waals surface area contributed by atoms with E-state index in [9.17, 15) is 17.6 Å². The van der Waals surface area contributed by atoms with Crippen molar-refractivity contribution < 1.29 is 22.3 Å². The summed E-state index contributed by atoms with van der Waals surface area (Å²) >= 11 is 0. The third-order valence-electron chi connectivity index (χ3n) is 3.87. The van der Waals surface area contributed by atoms with Gasteiger partial charge in [0.2, 0.25) is 10.0 Å². The molecule has 1 atom stereocenters. The molecule has 0 saturated carbocycles. The Morgan fingerprint density at radius 2 is 1.74 bits per heavy atom. The molecule has 0 aromatic heterocycles. The van der Waals surface area contributed by atoms with Crippen LogP contribution in [-0.2, 0) is 10.0 Å². The van der Waals surface area contributed by atoms with E-state index in [4.69, 9.17) is 4.74 Å². The van der Waals surface area contributed by atoms with Gasteiger partial charge in [-0.25, -0.2) is 17.5 Å². The molecule has 6 nitrogen and oxygen atoms in total. The van der Waals surface area contributed by atoms with E-state index in [1.165, 1.54) is 48.5 Å². The SMILES string of the molecule is CCC(C)NS(=O)(=O)c1ccc(C(=O)NCCOc2ccc(F)cc2)cc1. The zero-order valence-electron chi connectivity index (χ0n) is 15.2. The summed E-state index contributed by atoms with van der Waals surface area (Å²) in [5.74, 6) is -0.175. The number of carbonyl (C=O) groups is 1. The van der Waals surface area contributed by atoms with Gasteiger partial charge in [-0.3, -0.25) is 4.79 Å². The van der Waals surface area contributed by atoms with Crippen molar-refractivity contribution >= 4 is 15.9 Å². The highest BCUT2D eigenvalue weighted by Gasteiger charge is 2.17. The van der Waals surface area contributed by atoms with Crippen molar-refractivity contribution in [3.8, 4) is 5.75 Å². The maximum absolute atomic E-state index is 12.8. The Balaban J connectivity index is 1.85. The van der Waals surface area contributed by atoms with Gasteiger partial charge in [0, 0.05) is 11.6 Å². The molecular weight excluding hydrogens is 371 g/mol. The van der Waals surface area contributed by atoms with Crippen LogP contribution in [0.5, 0.6) is 5.75 Å². The number of sulfonamides is 1. The minimum Gasteiger partial charge on any atom is -0.492 e. The van der Waals surface area contributed by atoms with Gasteiger partial charge in [-0.05, 0) is 61.9 Å². The van der Waals surface area contributed by atoms with E-state index in [0.29, 0.717) is 17.7 Å². The molecule has 0 spiro atoms. The Hall–Kier alpha value is -2.45. The number of amides is 1. The van der Waals surface area contributed by atoms with Gasteiger partial charge >= 0.3 is 0 Å². The van der Waals surface area contributed by atoms with E-state index in [2.05, 4.69) is 10.0 Å². The molecule has 0 aliphatic heterocycles. The number of hydrogen-bond acceptors (Lipinski definition) is 4. The molecule has 27 heavy (non-hydrogen) atoms. The summed E-state index contributed by atoms with van der Waals surface area (Å²) in [4.78, 5) is 12.2. The fourth-order valence-corrected chi connectivity index (χ4v) is 3.49. The normalized spacial score (nSPS) is 12.4. The average Bonchev–Trinajstić information content (AvgIpc) is 2.66. The topological polar surface area (TPSA) is 84.5 Å². The van der Waals surface area contributed by atoms with E-state index in [1.54, 1.807) is 6.92 Å². The monoisotopic (exact) mass is 394 g/mol. The van der Waals surface area contributed by atoms with Gasteiger partial charge < -0.3 is 10.1 Å². The maximum Gasteiger partial charge on any atom is 0.251 e. The van der Waals surface area contributed by atoms with E-state index in [1.807, 2.05) is 6.92 Å². The predicted octanol–water partition coefficient (Wildman–Crippen LogP) is 2.71. The lowest BCUT2D eigenvalue weighted by atomic mass is 10.2. The van der Waals surface area contributed by atoms with Gasteiger partial charge in [-0.15, -0.1) is 0 Å². The summed E-state index contributed by atoms with van der Waals surface area (Å²) in [6, 6.07) is 11.1. The fraction of sp³-hybridized carbons (Fsp3) is 0.316. The van der Waals surface area contributed by atoms with Crippen LogP contribution in [0.15, 0.2) is 53.4 Å². The Morgan fingerprint density at radius 1 is 1.11 bits per heavy atom. The Morgan fingerprint density at radius 3 is 2.33 bits per heavy atom. The number of halogens is 1. The maximum atomic E-state index is 12.8. The first-order valence-electron chi connectivity index (χ1n) is 8.61. The second-order valence-electron chi connectivity index (χ2n) is 6.01. The highest BCUT2D eigenvalue weighted by Crippen LogP contribution is 2.12. The number of carbonyl (C=O) groups excluding carboxylic acids is 1. The number of nitrogens with one attached hydrogen (secondary N) is 2. The van der Waals surface area contributed by atoms with Crippen LogP contribution in [0.1, 0.15) is 30.6 Å². The minimum absolute atomic E-state index is 0.110. The van der Waals surface area contributed by atoms with Gasteiger partial charge in [0.25, 0.3) is 5.91 Å². The van der Waals surface area contributed by atoms with Crippen LogP contribution in [0.4, 0.5) is 4.39 Å². The first-order valence-corrected chi connectivity index (χ1v) is 10.1. The predicted molar refractivity (Wildman–Crippen MR) is 101 cm³/mol. The van der Waals surface area contributed by atoms with Crippen molar-refractivity contribution in [3.05, 3.63) is 59.9 Å². The molecule has 2 aromatic carbocycles. The Bertz CT molecular complexity index is 852. The van der Waals surface area contributed by atoms with E-state index in [-0.39, 0.29) is 35.8 Å². The van der Waals surface area contributed by atoms with Crippen molar-refractivity contribution in [1.29, 1.82) is 0 Å².